The molecule has 0 radical (unpaired) electrons. The summed E-state index contributed by atoms with van der Waals surface area (Å²) in [6, 6.07) is 0. The van der Waals surface area contributed by atoms with E-state index in [0.717, 1.165) is 19.5 Å². The lowest BCUT2D eigenvalue weighted by molar-refractivity contribution is -0.130. The molecule has 4 heteroatoms. The number of amides is 1. The monoisotopic (exact) mass is 188 g/mol. The molecule has 0 rings (SSSR count). The molecule has 0 aromatic carbocycles. The molecule has 0 aromatic rings. The Kier molecular flexibility index (Phi) is 7.63. The number of hydrogen-bond donors (Lipinski definition) is 1. The quantitative estimate of drug-likeness (QED) is 0.576. The van der Waals surface area contributed by atoms with Crippen molar-refractivity contribution in [1.82, 2.24) is 10.2 Å². The summed E-state index contributed by atoms with van der Waals surface area (Å²) < 4.78 is 4.87. The second-order valence-corrected chi connectivity index (χ2v) is 3.02. The number of carbonyl (C=O) groups is 1. The molecule has 0 saturated heterocycles. The van der Waals surface area contributed by atoms with Crippen LogP contribution in [0.2, 0.25) is 0 Å². The van der Waals surface area contributed by atoms with Crippen molar-refractivity contribution < 1.29 is 9.53 Å². The van der Waals surface area contributed by atoms with Crippen LogP contribution in [-0.2, 0) is 9.53 Å². The Morgan fingerprint density at radius 1 is 1.54 bits per heavy atom. The van der Waals surface area contributed by atoms with Gasteiger partial charge in [-0.25, -0.2) is 0 Å². The first-order valence-electron chi connectivity index (χ1n) is 4.60. The summed E-state index contributed by atoms with van der Waals surface area (Å²) >= 11 is 0. The van der Waals surface area contributed by atoms with Gasteiger partial charge in [0.15, 0.2) is 0 Å². The second kappa shape index (κ2) is 8.01. The van der Waals surface area contributed by atoms with Crippen LogP contribution in [0.1, 0.15) is 12.8 Å². The summed E-state index contributed by atoms with van der Waals surface area (Å²) in [4.78, 5) is 13.1. The number of carbonyl (C=O) groups excluding carboxylic acids is 1. The van der Waals surface area contributed by atoms with E-state index >= 15 is 0 Å². The summed E-state index contributed by atoms with van der Waals surface area (Å²) in [7, 11) is 5.35. The zero-order valence-corrected chi connectivity index (χ0v) is 8.80. The minimum Gasteiger partial charge on any atom is -0.385 e. The highest BCUT2D eigenvalue weighted by molar-refractivity contribution is 5.75. The zero-order valence-electron chi connectivity index (χ0n) is 8.80. The van der Waals surface area contributed by atoms with E-state index in [2.05, 4.69) is 5.32 Å². The Balaban J connectivity index is 3.45. The van der Waals surface area contributed by atoms with E-state index in [1.807, 2.05) is 14.1 Å². The van der Waals surface area contributed by atoms with Gasteiger partial charge in [-0.1, -0.05) is 0 Å². The second-order valence-electron chi connectivity index (χ2n) is 3.02. The van der Waals surface area contributed by atoms with Crippen molar-refractivity contribution in [2.75, 3.05) is 40.9 Å². The molecule has 0 unspecified atom stereocenters. The molecular weight excluding hydrogens is 168 g/mol. The molecule has 1 amide bonds. The van der Waals surface area contributed by atoms with Gasteiger partial charge in [0.2, 0.25) is 5.91 Å². The van der Waals surface area contributed by atoms with E-state index in [1.165, 1.54) is 0 Å². The topological polar surface area (TPSA) is 41.6 Å². The summed E-state index contributed by atoms with van der Waals surface area (Å²) in [5.74, 6) is 0.187. The Labute approximate surface area is 80.2 Å². The smallest absolute Gasteiger partial charge is 0.222 e. The number of rotatable bonds is 7. The largest absolute Gasteiger partial charge is 0.385 e. The summed E-state index contributed by atoms with van der Waals surface area (Å²) in [5, 5.41) is 3.00. The van der Waals surface area contributed by atoms with Gasteiger partial charge in [-0.3, -0.25) is 4.79 Å². The van der Waals surface area contributed by atoms with E-state index in [1.54, 1.807) is 12.0 Å². The Morgan fingerprint density at radius 2 is 2.23 bits per heavy atom. The summed E-state index contributed by atoms with van der Waals surface area (Å²) in [6.07, 6.45) is 1.38. The van der Waals surface area contributed by atoms with Gasteiger partial charge >= 0.3 is 0 Å². The van der Waals surface area contributed by atoms with Crippen molar-refractivity contribution >= 4 is 5.91 Å². The van der Waals surface area contributed by atoms with Crippen molar-refractivity contribution in [2.45, 2.75) is 12.8 Å². The number of nitrogens with zero attached hydrogens (tertiary/aromatic N) is 1. The molecule has 4 nitrogen and oxygen atoms in total. The SMILES string of the molecule is CNCCN(C)C(=O)CCCOC. The normalized spacial score (nSPS) is 10.1. The fourth-order valence-corrected chi connectivity index (χ4v) is 0.963. The lowest BCUT2D eigenvalue weighted by Gasteiger charge is -2.16. The van der Waals surface area contributed by atoms with E-state index < -0.39 is 0 Å². The highest BCUT2D eigenvalue weighted by Gasteiger charge is 2.06. The van der Waals surface area contributed by atoms with Crippen LogP contribution in [0.4, 0.5) is 0 Å². The first-order valence-corrected chi connectivity index (χ1v) is 4.60. The van der Waals surface area contributed by atoms with Gasteiger partial charge < -0.3 is 15.0 Å². The maximum absolute atomic E-state index is 11.4. The maximum atomic E-state index is 11.4. The molecule has 13 heavy (non-hydrogen) atoms. The first-order chi connectivity index (χ1) is 6.22. The van der Waals surface area contributed by atoms with Gasteiger partial charge in [0.1, 0.15) is 0 Å². The van der Waals surface area contributed by atoms with Crippen molar-refractivity contribution in [2.24, 2.45) is 0 Å². The van der Waals surface area contributed by atoms with Crippen molar-refractivity contribution in [3.8, 4) is 0 Å². The van der Waals surface area contributed by atoms with Crippen LogP contribution < -0.4 is 5.32 Å². The fraction of sp³-hybridized carbons (Fsp3) is 0.889. The third-order valence-electron chi connectivity index (χ3n) is 1.86. The third kappa shape index (κ3) is 6.54. The number of nitrogens with one attached hydrogen (secondary N) is 1. The average Bonchev–Trinajstić information content (AvgIpc) is 2.14. The van der Waals surface area contributed by atoms with Gasteiger partial charge in [-0.2, -0.15) is 0 Å². The van der Waals surface area contributed by atoms with Gasteiger partial charge in [0, 0.05) is 40.3 Å². The minimum absolute atomic E-state index is 0.187. The summed E-state index contributed by atoms with van der Waals surface area (Å²) in [6.45, 7) is 2.26. The first kappa shape index (κ1) is 12.4. The van der Waals surface area contributed by atoms with E-state index in [-0.39, 0.29) is 5.91 Å². The molecule has 0 aliphatic carbocycles. The molecule has 0 fully saturated rings. The molecular formula is C9H20N2O2. The van der Waals surface area contributed by atoms with Crippen LogP contribution in [0.25, 0.3) is 0 Å². The molecule has 0 aromatic heterocycles. The molecule has 0 atom stereocenters. The fourth-order valence-electron chi connectivity index (χ4n) is 0.963. The molecule has 0 aliphatic heterocycles. The average molecular weight is 188 g/mol. The Bertz CT molecular complexity index is 140. The molecule has 0 heterocycles. The van der Waals surface area contributed by atoms with Crippen molar-refractivity contribution in [1.29, 1.82) is 0 Å². The van der Waals surface area contributed by atoms with Gasteiger partial charge in [0.25, 0.3) is 0 Å². The van der Waals surface area contributed by atoms with Crippen LogP contribution >= 0.6 is 0 Å². The van der Waals surface area contributed by atoms with Gasteiger partial charge in [-0.15, -0.1) is 0 Å². The number of ether oxygens (including phenoxy) is 1. The van der Waals surface area contributed by atoms with Crippen molar-refractivity contribution in [3.63, 3.8) is 0 Å². The highest BCUT2D eigenvalue weighted by Crippen LogP contribution is 1.95. The third-order valence-corrected chi connectivity index (χ3v) is 1.86. The van der Waals surface area contributed by atoms with E-state index in [9.17, 15) is 4.79 Å². The number of likely N-dealkylation sites (N-methyl/N-ethyl adjacent to an activating group) is 2. The molecule has 78 valence electrons. The lowest BCUT2D eigenvalue weighted by Crippen LogP contribution is -2.32. The highest BCUT2D eigenvalue weighted by atomic mass is 16.5. The minimum atomic E-state index is 0.187. The molecule has 0 aliphatic rings. The van der Waals surface area contributed by atoms with Gasteiger partial charge in [-0.05, 0) is 13.5 Å². The summed E-state index contributed by atoms with van der Waals surface area (Å²) in [5.41, 5.74) is 0. The predicted octanol–water partition coefficient (Wildman–Crippen LogP) is 0.0908. The predicted molar refractivity (Wildman–Crippen MR) is 52.7 cm³/mol. The Morgan fingerprint density at radius 3 is 2.77 bits per heavy atom. The van der Waals surface area contributed by atoms with Crippen LogP contribution in [-0.4, -0.2) is 51.7 Å². The molecule has 0 saturated carbocycles. The van der Waals surface area contributed by atoms with Crippen LogP contribution in [0.5, 0.6) is 0 Å². The Hall–Kier alpha value is -0.610. The van der Waals surface area contributed by atoms with Crippen molar-refractivity contribution in [3.05, 3.63) is 0 Å². The molecule has 0 spiro atoms. The van der Waals surface area contributed by atoms with Crippen LogP contribution in [0.15, 0.2) is 0 Å². The number of hydrogen-bond acceptors (Lipinski definition) is 3. The molecule has 1 N–H and O–H groups in total. The van der Waals surface area contributed by atoms with Gasteiger partial charge in [0.05, 0.1) is 0 Å². The standard InChI is InChI=1S/C9H20N2O2/c1-10-6-7-11(2)9(12)5-4-8-13-3/h10H,4-8H2,1-3H3. The molecule has 0 bridgehead atoms. The van der Waals surface area contributed by atoms with E-state index in [4.69, 9.17) is 4.74 Å². The lowest BCUT2D eigenvalue weighted by atomic mass is 10.3. The number of methoxy groups -OCH3 is 1. The zero-order chi connectivity index (χ0) is 10.1. The van der Waals surface area contributed by atoms with E-state index in [0.29, 0.717) is 13.0 Å². The van der Waals surface area contributed by atoms with Crippen LogP contribution in [0.3, 0.4) is 0 Å². The van der Waals surface area contributed by atoms with Crippen LogP contribution in [0, 0.1) is 0 Å². The maximum Gasteiger partial charge on any atom is 0.222 e.